The summed E-state index contributed by atoms with van der Waals surface area (Å²) in [5, 5.41) is 13.7. The number of benzene rings is 1. The monoisotopic (exact) mass is 478 g/mol. The fourth-order valence-corrected chi connectivity index (χ4v) is 4.95. The van der Waals surface area contributed by atoms with Crippen molar-refractivity contribution in [1.29, 1.82) is 0 Å². The molecule has 1 aliphatic rings. The van der Waals surface area contributed by atoms with Gasteiger partial charge in [-0.05, 0) is 49.9 Å². The summed E-state index contributed by atoms with van der Waals surface area (Å²) in [6.07, 6.45) is 0.241. The lowest BCUT2D eigenvalue weighted by Crippen LogP contribution is -2.47. The summed E-state index contributed by atoms with van der Waals surface area (Å²) in [5.41, 5.74) is 3.14. The topological polar surface area (TPSA) is 75.9 Å². The van der Waals surface area contributed by atoms with Crippen LogP contribution in [-0.4, -0.2) is 50.3 Å². The minimum atomic E-state index is -4.49. The van der Waals surface area contributed by atoms with Gasteiger partial charge in [0.1, 0.15) is 0 Å². The van der Waals surface area contributed by atoms with Crippen molar-refractivity contribution in [2.75, 3.05) is 18.4 Å². The van der Waals surface area contributed by atoms with E-state index in [-0.39, 0.29) is 11.2 Å². The number of aldehydes is 1. The number of aryl methyl sites for hydroxylation is 1. The standard InChI is InChI=1S/C22H25F3N6OS/c1-14-5-4-9-30(18(14)11-26-21-28-27-20(33-21)22(23,24)25)12-16-6-3-7-17(13-32)19(16)31-10-8-15(2)29-31/h3,6-8,10,13-14,18H,4-5,9,11-12H2,1-2H3,(H,26,28)/t14-,18-/m1/s1. The lowest BCUT2D eigenvalue weighted by molar-refractivity contribution is -0.138. The number of aromatic nitrogens is 4. The molecule has 1 saturated heterocycles. The minimum absolute atomic E-state index is 0.0871. The second-order valence-electron chi connectivity index (χ2n) is 8.32. The van der Waals surface area contributed by atoms with E-state index in [1.54, 1.807) is 10.7 Å². The minimum Gasteiger partial charge on any atom is -0.358 e. The van der Waals surface area contributed by atoms with Gasteiger partial charge in [-0.1, -0.05) is 30.4 Å². The van der Waals surface area contributed by atoms with Gasteiger partial charge in [0.15, 0.2) is 6.29 Å². The molecule has 11 heteroatoms. The van der Waals surface area contributed by atoms with Crippen molar-refractivity contribution in [3.05, 3.63) is 52.3 Å². The van der Waals surface area contributed by atoms with E-state index < -0.39 is 11.2 Å². The molecule has 2 aromatic heterocycles. The largest absolute Gasteiger partial charge is 0.445 e. The van der Waals surface area contributed by atoms with Gasteiger partial charge in [-0.2, -0.15) is 18.3 Å². The summed E-state index contributed by atoms with van der Waals surface area (Å²) in [7, 11) is 0. The average Bonchev–Trinajstić information content (AvgIpc) is 3.42. The predicted octanol–water partition coefficient (Wildman–Crippen LogP) is 4.58. The maximum Gasteiger partial charge on any atom is 0.445 e. The number of piperidine rings is 1. The van der Waals surface area contributed by atoms with Crippen LogP contribution < -0.4 is 5.32 Å². The summed E-state index contributed by atoms with van der Waals surface area (Å²) < 4.78 is 40.3. The quantitative estimate of drug-likeness (QED) is 0.501. The summed E-state index contributed by atoms with van der Waals surface area (Å²) in [6, 6.07) is 7.60. The van der Waals surface area contributed by atoms with Crippen LogP contribution in [0.3, 0.4) is 0 Å². The van der Waals surface area contributed by atoms with Crippen LogP contribution in [-0.2, 0) is 12.7 Å². The highest BCUT2D eigenvalue weighted by molar-refractivity contribution is 7.15. The second-order valence-corrected chi connectivity index (χ2v) is 9.30. The molecule has 2 atom stereocenters. The number of nitrogens with one attached hydrogen (secondary N) is 1. The summed E-state index contributed by atoms with van der Waals surface area (Å²) in [6.45, 7) is 5.95. The van der Waals surface area contributed by atoms with E-state index in [0.29, 0.717) is 35.9 Å². The SMILES string of the molecule is Cc1ccn(-c2c(C=O)cccc2CN2CCC[C@@H](C)[C@H]2CNc2nnc(C(F)(F)F)s2)n1. The first-order chi connectivity index (χ1) is 15.8. The van der Waals surface area contributed by atoms with Gasteiger partial charge in [0.2, 0.25) is 10.1 Å². The van der Waals surface area contributed by atoms with Crippen LogP contribution in [0.5, 0.6) is 0 Å². The Hall–Kier alpha value is -2.79. The number of anilines is 1. The number of nitrogens with zero attached hydrogens (tertiary/aromatic N) is 5. The molecule has 0 aliphatic carbocycles. The number of carbonyl (C=O) groups is 1. The van der Waals surface area contributed by atoms with Crippen molar-refractivity contribution in [3.63, 3.8) is 0 Å². The first kappa shape index (κ1) is 23.4. The molecule has 1 aromatic carbocycles. The Balaban J connectivity index is 1.55. The number of carbonyl (C=O) groups excluding carboxylic acids is 1. The van der Waals surface area contributed by atoms with E-state index in [2.05, 4.69) is 32.4 Å². The molecule has 0 saturated carbocycles. The van der Waals surface area contributed by atoms with E-state index in [1.165, 1.54) is 0 Å². The zero-order valence-corrected chi connectivity index (χ0v) is 19.2. The normalized spacial score (nSPS) is 19.5. The summed E-state index contributed by atoms with van der Waals surface area (Å²) in [4.78, 5) is 14.1. The molecular formula is C22H25F3N6OS. The third-order valence-electron chi connectivity index (χ3n) is 5.96. The lowest BCUT2D eigenvalue weighted by atomic mass is 9.90. The molecule has 33 heavy (non-hydrogen) atoms. The molecule has 0 radical (unpaired) electrons. The molecule has 4 rings (SSSR count). The molecule has 0 bridgehead atoms. The summed E-state index contributed by atoms with van der Waals surface area (Å²) in [5.74, 6) is 0.339. The number of hydrogen-bond acceptors (Lipinski definition) is 7. The highest BCUT2D eigenvalue weighted by Gasteiger charge is 2.36. The van der Waals surface area contributed by atoms with Crippen LogP contribution in [0.1, 0.15) is 46.4 Å². The maximum atomic E-state index is 12.8. The van der Waals surface area contributed by atoms with Crippen LogP contribution in [0.4, 0.5) is 18.3 Å². The Morgan fingerprint density at radius 3 is 2.76 bits per heavy atom. The highest BCUT2D eigenvalue weighted by atomic mass is 32.1. The first-order valence-electron chi connectivity index (χ1n) is 10.7. The predicted molar refractivity (Wildman–Crippen MR) is 120 cm³/mol. The second kappa shape index (κ2) is 9.60. The molecule has 3 heterocycles. The van der Waals surface area contributed by atoms with Gasteiger partial charge in [-0.3, -0.25) is 9.69 Å². The number of rotatable bonds is 7. The van der Waals surface area contributed by atoms with E-state index in [1.807, 2.05) is 31.3 Å². The molecule has 1 N–H and O–H groups in total. The van der Waals surface area contributed by atoms with Crippen LogP contribution in [0.2, 0.25) is 0 Å². The zero-order chi connectivity index (χ0) is 23.6. The van der Waals surface area contributed by atoms with Crippen molar-refractivity contribution in [3.8, 4) is 5.69 Å². The van der Waals surface area contributed by atoms with Gasteiger partial charge in [0.05, 0.1) is 11.4 Å². The van der Waals surface area contributed by atoms with Crippen LogP contribution in [0.15, 0.2) is 30.5 Å². The van der Waals surface area contributed by atoms with Crippen molar-refractivity contribution >= 4 is 22.8 Å². The number of hydrogen-bond donors (Lipinski definition) is 1. The number of likely N-dealkylation sites (tertiary alicyclic amines) is 1. The fourth-order valence-electron chi connectivity index (χ4n) is 4.33. The van der Waals surface area contributed by atoms with Gasteiger partial charge in [0, 0.05) is 30.9 Å². The number of halogens is 3. The Morgan fingerprint density at radius 1 is 1.27 bits per heavy atom. The van der Waals surface area contributed by atoms with E-state index in [9.17, 15) is 18.0 Å². The molecule has 0 amide bonds. The van der Waals surface area contributed by atoms with Gasteiger partial charge >= 0.3 is 6.18 Å². The van der Waals surface area contributed by atoms with Gasteiger partial charge in [0.25, 0.3) is 0 Å². The molecule has 3 aromatic rings. The molecule has 1 aliphatic heterocycles. The van der Waals surface area contributed by atoms with Gasteiger partial charge < -0.3 is 5.32 Å². The van der Waals surface area contributed by atoms with E-state index in [0.717, 1.165) is 42.6 Å². The lowest BCUT2D eigenvalue weighted by Gasteiger charge is -2.40. The Labute approximate surface area is 193 Å². The molecule has 0 unspecified atom stereocenters. The highest BCUT2D eigenvalue weighted by Crippen LogP contribution is 2.33. The third kappa shape index (κ3) is 5.25. The summed E-state index contributed by atoms with van der Waals surface area (Å²) >= 11 is 0.515. The number of para-hydroxylation sites is 1. The molecule has 0 spiro atoms. The number of alkyl halides is 3. The zero-order valence-electron chi connectivity index (χ0n) is 18.3. The average molecular weight is 479 g/mol. The Morgan fingerprint density at radius 2 is 2.09 bits per heavy atom. The van der Waals surface area contributed by atoms with Gasteiger partial charge in [-0.15, -0.1) is 10.2 Å². The fraction of sp³-hybridized carbons (Fsp3) is 0.455. The smallest absolute Gasteiger partial charge is 0.358 e. The van der Waals surface area contributed by atoms with E-state index in [4.69, 9.17) is 0 Å². The van der Waals surface area contributed by atoms with Crippen molar-refractivity contribution in [2.24, 2.45) is 5.92 Å². The molecular weight excluding hydrogens is 453 g/mol. The Bertz CT molecular complexity index is 1110. The van der Waals surface area contributed by atoms with Crippen LogP contribution >= 0.6 is 11.3 Å². The Kier molecular flexibility index (Phi) is 6.80. The molecule has 7 nitrogen and oxygen atoms in total. The first-order valence-corrected chi connectivity index (χ1v) is 11.6. The third-order valence-corrected chi connectivity index (χ3v) is 6.89. The maximum absolute atomic E-state index is 12.8. The molecule has 176 valence electrons. The van der Waals surface area contributed by atoms with Crippen LogP contribution in [0, 0.1) is 12.8 Å². The van der Waals surface area contributed by atoms with Crippen molar-refractivity contribution in [2.45, 2.75) is 45.5 Å². The van der Waals surface area contributed by atoms with E-state index >= 15 is 0 Å². The van der Waals surface area contributed by atoms with Gasteiger partial charge in [-0.25, -0.2) is 4.68 Å². The van der Waals surface area contributed by atoms with Crippen molar-refractivity contribution < 1.29 is 18.0 Å². The van der Waals surface area contributed by atoms with Crippen molar-refractivity contribution in [1.82, 2.24) is 24.9 Å². The molecule has 1 fully saturated rings. The van der Waals surface area contributed by atoms with Crippen LogP contribution in [0.25, 0.3) is 5.69 Å².